The Morgan fingerprint density at radius 3 is 2.78 bits per heavy atom. The standard InChI is InChI=1S/C13H13FN4/c1-2-5-11-9(8-15)13(16)18(17-11)12-7-4-3-6-10(12)14/h3-4,6-7H,2,5,16H2,1H3. The van der Waals surface area contributed by atoms with E-state index in [2.05, 4.69) is 5.10 Å². The molecule has 0 fully saturated rings. The number of hydrogen-bond donors (Lipinski definition) is 1. The Labute approximate surface area is 104 Å². The molecule has 0 atom stereocenters. The van der Waals surface area contributed by atoms with Crippen LogP contribution in [-0.2, 0) is 6.42 Å². The zero-order valence-electron chi connectivity index (χ0n) is 10.0. The SMILES string of the molecule is CCCc1nn(-c2ccccc2F)c(N)c1C#N. The van der Waals surface area contributed by atoms with Crippen molar-refractivity contribution in [3.63, 3.8) is 0 Å². The first-order valence-corrected chi connectivity index (χ1v) is 5.71. The molecule has 2 N–H and O–H groups in total. The quantitative estimate of drug-likeness (QED) is 0.901. The smallest absolute Gasteiger partial charge is 0.148 e. The Hall–Kier alpha value is -2.35. The molecule has 0 radical (unpaired) electrons. The van der Waals surface area contributed by atoms with Crippen LogP contribution in [0, 0.1) is 17.1 Å². The van der Waals surface area contributed by atoms with Crippen molar-refractivity contribution in [3.05, 3.63) is 41.3 Å². The van der Waals surface area contributed by atoms with E-state index in [4.69, 9.17) is 11.0 Å². The number of rotatable bonds is 3. The summed E-state index contributed by atoms with van der Waals surface area (Å²) in [5.74, 6) is -0.231. The predicted octanol–water partition coefficient (Wildman–Crippen LogP) is 2.42. The molecule has 0 spiro atoms. The first-order chi connectivity index (χ1) is 8.69. The number of benzene rings is 1. The number of nitrogens with two attached hydrogens (primary N) is 1. The minimum absolute atomic E-state index is 0.186. The number of aryl methyl sites for hydroxylation is 1. The fraction of sp³-hybridized carbons (Fsp3) is 0.231. The summed E-state index contributed by atoms with van der Waals surface area (Å²) < 4.78 is 15.0. The lowest BCUT2D eigenvalue weighted by atomic mass is 10.2. The molecule has 1 aromatic carbocycles. The van der Waals surface area contributed by atoms with E-state index in [-0.39, 0.29) is 11.5 Å². The third-order valence-electron chi connectivity index (χ3n) is 2.67. The minimum Gasteiger partial charge on any atom is -0.382 e. The van der Waals surface area contributed by atoms with Crippen molar-refractivity contribution in [2.45, 2.75) is 19.8 Å². The van der Waals surface area contributed by atoms with Gasteiger partial charge in [0.25, 0.3) is 0 Å². The Morgan fingerprint density at radius 2 is 2.17 bits per heavy atom. The molecule has 0 saturated carbocycles. The van der Waals surface area contributed by atoms with Crippen molar-refractivity contribution in [1.29, 1.82) is 5.26 Å². The average Bonchev–Trinajstić information content (AvgIpc) is 2.67. The maximum absolute atomic E-state index is 13.7. The highest BCUT2D eigenvalue weighted by Gasteiger charge is 2.17. The second-order valence-electron chi connectivity index (χ2n) is 3.93. The van der Waals surface area contributed by atoms with Gasteiger partial charge in [0.05, 0.1) is 5.69 Å². The number of hydrogen-bond acceptors (Lipinski definition) is 3. The maximum atomic E-state index is 13.7. The van der Waals surface area contributed by atoms with Gasteiger partial charge in [-0.15, -0.1) is 0 Å². The number of halogens is 1. The van der Waals surface area contributed by atoms with E-state index in [1.54, 1.807) is 18.2 Å². The normalized spacial score (nSPS) is 10.3. The van der Waals surface area contributed by atoms with E-state index >= 15 is 0 Å². The third kappa shape index (κ3) is 1.93. The van der Waals surface area contributed by atoms with Gasteiger partial charge in [0.2, 0.25) is 0 Å². The largest absolute Gasteiger partial charge is 0.382 e. The van der Waals surface area contributed by atoms with Gasteiger partial charge in [-0.3, -0.25) is 0 Å². The Balaban J connectivity index is 2.60. The Kier molecular flexibility index (Phi) is 3.28. The molecule has 0 aliphatic carbocycles. The molecule has 1 aromatic heterocycles. The zero-order valence-corrected chi connectivity index (χ0v) is 10.0. The first-order valence-electron chi connectivity index (χ1n) is 5.71. The van der Waals surface area contributed by atoms with Crippen LogP contribution in [0.3, 0.4) is 0 Å². The number of anilines is 1. The van der Waals surface area contributed by atoms with Crippen molar-refractivity contribution < 1.29 is 4.39 Å². The van der Waals surface area contributed by atoms with Crippen LogP contribution in [0.4, 0.5) is 10.2 Å². The minimum atomic E-state index is -0.417. The fourth-order valence-electron chi connectivity index (χ4n) is 1.82. The highest BCUT2D eigenvalue weighted by Crippen LogP contribution is 2.22. The van der Waals surface area contributed by atoms with Gasteiger partial charge < -0.3 is 5.73 Å². The summed E-state index contributed by atoms with van der Waals surface area (Å²) in [6.07, 6.45) is 1.50. The highest BCUT2D eigenvalue weighted by atomic mass is 19.1. The molecular weight excluding hydrogens is 231 g/mol. The van der Waals surface area contributed by atoms with Gasteiger partial charge in [0.1, 0.15) is 29.0 Å². The fourth-order valence-corrected chi connectivity index (χ4v) is 1.82. The third-order valence-corrected chi connectivity index (χ3v) is 2.67. The first kappa shape index (κ1) is 12.1. The monoisotopic (exact) mass is 244 g/mol. The van der Waals surface area contributed by atoms with Crippen LogP contribution < -0.4 is 5.73 Å². The van der Waals surface area contributed by atoms with Crippen LogP contribution >= 0.6 is 0 Å². The molecule has 18 heavy (non-hydrogen) atoms. The predicted molar refractivity (Wildman–Crippen MR) is 66.6 cm³/mol. The van der Waals surface area contributed by atoms with Gasteiger partial charge in [-0.25, -0.2) is 9.07 Å². The van der Waals surface area contributed by atoms with E-state index in [1.165, 1.54) is 10.7 Å². The van der Waals surface area contributed by atoms with Crippen LogP contribution in [0.15, 0.2) is 24.3 Å². The summed E-state index contributed by atoms with van der Waals surface area (Å²) in [7, 11) is 0. The van der Waals surface area contributed by atoms with Crippen LogP contribution in [0.2, 0.25) is 0 Å². The van der Waals surface area contributed by atoms with Crippen LogP contribution in [0.5, 0.6) is 0 Å². The molecule has 5 heteroatoms. The van der Waals surface area contributed by atoms with Gasteiger partial charge in [-0.1, -0.05) is 25.5 Å². The Morgan fingerprint density at radius 1 is 1.44 bits per heavy atom. The molecule has 0 bridgehead atoms. The summed E-state index contributed by atoms with van der Waals surface area (Å²) in [5, 5.41) is 13.3. The summed E-state index contributed by atoms with van der Waals surface area (Å²) >= 11 is 0. The van der Waals surface area contributed by atoms with E-state index in [0.717, 1.165) is 6.42 Å². The lowest BCUT2D eigenvalue weighted by molar-refractivity contribution is 0.610. The van der Waals surface area contributed by atoms with Crippen molar-refractivity contribution >= 4 is 5.82 Å². The summed E-state index contributed by atoms with van der Waals surface area (Å²) in [6, 6.07) is 8.24. The molecule has 0 aliphatic rings. The highest BCUT2D eigenvalue weighted by molar-refractivity contribution is 5.56. The maximum Gasteiger partial charge on any atom is 0.148 e. The lowest BCUT2D eigenvalue weighted by Gasteiger charge is -2.04. The molecule has 1 heterocycles. The van der Waals surface area contributed by atoms with Crippen molar-refractivity contribution in [3.8, 4) is 11.8 Å². The number of nitrogens with zero attached hydrogens (tertiary/aromatic N) is 3. The van der Waals surface area contributed by atoms with Gasteiger partial charge in [0.15, 0.2) is 0 Å². The lowest BCUT2D eigenvalue weighted by Crippen LogP contribution is -2.04. The second-order valence-corrected chi connectivity index (χ2v) is 3.93. The van der Waals surface area contributed by atoms with Gasteiger partial charge >= 0.3 is 0 Å². The summed E-state index contributed by atoms with van der Waals surface area (Å²) in [4.78, 5) is 0. The van der Waals surface area contributed by atoms with E-state index in [0.29, 0.717) is 17.7 Å². The number of nitrogen functional groups attached to an aromatic ring is 1. The second kappa shape index (κ2) is 4.88. The molecule has 2 aromatic rings. The van der Waals surface area contributed by atoms with E-state index in [9.17, 15) is 4.39 Å². The van der Waals surface area contributed by atoms with Crippen LogP contribution in [0.1, 0.15) is 24.6 Å². The molecule has 0 unspecified atom stereocenters. The van der Waals surface area contributed by atoms with Gasteiger partial charge in [-0.2, -0.15) is 10.4 Å². The zero-order chi connectivity index (χ0) is 13.1. The molecular formula is C13H13FN4. The molecule has 0 saturated heterocycles. The average molecular weight is 244 g/mol. The summed E-state index contributed by atoms with van der Waals surface area (Å²) in [5.41, 5.74) is 7.06. The molecule has 0 amide bonds. The number of aromatic nitrogens is 2. The molecule has 2 rings (SSSR count). The molecule has 92 valence electrons. The van der Waals surface area contributed by atoms with Crippen molar-refractivity contribution in [2.75, 3.05) is 5.73 Å². The van der Waals surface area contributed by atoms with E-state index < -0.39 is 5.82 Å². The Bertz CT molecular complexity index is 610. The van der Waals surface area contributed by atoms with Crippen molar-refractivity contribution in [2.24, 2.45) is 0 Å². The van der Waals surface area contributed by atoms with E-state index in [1.807, 2.05) is 13.0 Å². The molecule has 4 nitrogen and oxygen atoms in total. The van der Waals surface area contributed by atoms with Gasteiger partial charge in [-0.05, 0) is 18.6 Å². The summed E-state index contributed by atoms with van der Waals surface area (Å²) in [6.45, 7) is 1.99. The van der Waals surface area contributed by atoms with Crippen molar-refractivity contribution in [1.82, 2.24) is 9.78 Å². The van der Waals surface area contributed by atoms with Crippen LogP contribution in [-0.4, -0.2) is 9.78 Å². The number of nitriles is 1. The topological polar surface area (TPSA) is 67.6 Å². The van der Waals surface area contributed by atoms with Gasteiger partial charge in [0, 0.05) is 0 Å². The molecule has 0 aliphatic heterocycles. The van der Waals surface area contributed by atoms with Crippen LogP contribution in [0.25, 0.3) is 5.69 Å². The number of para-hydroxylation sites is 1.